The van der Waals surface area contributed by atoms with Crippen LogP contribution in [0.3, 0.4) is 0 Å². The second kappa shape index (κ2) is 3.60. The van der Waals surface area contributed by atoms with E-state index in [1.54, 1.807) is 0 Å². The predicted octanol–water partition coefficient (Wildman–Crippen LogP) is 0.115. The van der Waals surface area contributed by atoms with Gasteiger partial charge in [-0.15, -0.1) is 11.3 Å². The van der Waals surface area contributed by atoms with Crippen LogP contribution in [0, 0.1) is 0 Å². The standard InChI is InChI=1S/C8H12N2O2S2/c9-3-1-8-10-6-2-4-14(11,12)5-7(6)13-8/h1-5,9H2. The Hall–Kier alpha value is -0.460. The molecule has 1 aromatic rings. The minimum Gasteiger partial charge on any atom is -0.330 e. The molecule has 0 spiro atoms. The Kier molecular flexibility index (Phi) is 2.59. The van der Waals surface area contributed by atoms with Crippen molar-refractivity contribution in [2.45, 2.75) is 18.6 Å². The van der Waals surface area contributed by atoms with Crippen LogP contribution in [0.5, 0.6) is 0 Å². The zero-order chi connectivity index (χ0) is 10.2. The molecule has 0 saturated heterocycles. The van der Waals surface area contributed by atoms with Gasteiger partial charge in [-0.2, -0.15) is 0 Å². The zero-order valence-electron chi connectivity index (χ0n) is 7.69. The number of hydrogen-bond acceptors (Lipinski definition) is 5. The average Bonchev–Trinajstić information content (AvgIpc) is 2.45. The summed E-state index contributed by atoms with van der Waals surface area (Å²) >= 11 is 1.49. The molecular formula is C8H12N2O2S2. The SMILES string of the molecule is NCCc1nc2c(s1)CS(=O)(=O)CC2. The number of nitrogens with two attached hydrogens (primary N) is 1. The molecule has 0 amide bonds. The van der Waals surface area contributed by atoms with Gasteiger partial charge in [-0.1, -0.05) is 0 Å². The van der Waals surface area contributed by atoms with Crippen LogP contribution in [0.2, 0.25) is 0 Å². The first-order valence-electron chi connectivity index (χ1n) is 4.49. The summed E-state index contributed by atoms with van der Waals surface area (Å²) in [7, 11) is -2.86. The molecule has 0 radical (unpaired) electrons. The van der Waals surface area contributed by atoms with Gasteiger partial charge in [0.2, 0.25) is 0 Å². The molecule has 1 aromatic heterocycles. The molecule has 1 aliphatic heterocycles. The molecule has 2 heterocycles. The summed E-state index contributed by atoms with van der Waals surface area (Å²) in [6.07, 6.45) is 1.32. The van der Waals surface area contributed by atoms with Gasteiger partial charge < -0.3 is 5.73 Å². The van der Waals surface area contributed by atoms with E-state index in [-0.39, 0.29) is 11.5 Å². The third-order valence-corrected chi connectivity index (χ3v) is 5.08. The molecule has 6 heteroatoms. The Morgan fingerprint density at radius 2 is 2.29 bits per heavy atom. The minimum absolute atomic E-state index is 0.171. The van der Waals surface area contributed by atoms with Gasteiger partial charge in [-0.25, -0.2) is 13.4 Å². The summed E-state index contributed by atoms with van der Waals surface area (Å²) in [5, 5.41) is 0.967. The number of sulfone groups is 1. The van der Waals surface area contributed by atoms with Crippen molar-refractivity contribution in [3.05, 3.63) is 15.6 Å². The Labute approximate surface area is 87.1 Å². The van der Waals surface area contributed by atoms with Gasteiger partial charge in [0, 0.05) is 17.7 Å². The van der Waals surface area contributed by atoms with Crippen LogP contribution in [-0.4, -0.2) is 25.7 Å². The largest absolute Gasteiger partial charge is 0.330 e. The summed E-state index contributed by atoms with van der Waals surface area (Å²) in [5.41, 5.74) is 6.39. The lowest BCUT2D eigenvalue weighted by Crippen LogP contribution is -2.17. The average molecular weight is 232 g/mol. The molecule has 0 atom stereocenters. The fraction of sp³-hybridized carbons (Fsp3) is 0.625. The fourth-order valence-corrected chi connectivity index (χ4v) is 4.41. The summed E-state index contributed by atoms with van der Waals surface area (Å²) in [4.78, 5) is 5.30. The maximum Gasteiger partial charge on any atom is 0.155 e. The van der Waals surface area contributed by atoms with E-state index in [1.165, 1.54) is 11.3 Å². The van der Waals surface area contributed by atoms with Crippen molar-refractivity contribution in [2.75, 3.05) is 12.3 Å². The molecule has 1 aliphatic rings. The first-order chi connectivity index (χ1) is 6.61. The summed E-state index contributed by atoms with van der Waals surface area (Å²) in [6, 6.07) is 0. The van der Waals surface area contributed by atoms with Crippen molar-refractivity contribution in [1.82, 2.24) is 4.98 Å². The van der Waals surface area contributed by atoms with E-state index in [1.807, 2.05) is 0 Å². The normalized spacial score (nSPS) is 19.2. The Bertz CT molecular complexity index is 436. The third kappa shape index (κ3) is 1.97. The monoisotopic (exact) mass is 232 g/mol. The summed E-state index contributed by atoms with van der Waals surface area (Å²) < 4.78 is 22.7. The predicted molar refractivity (Wildman–Crippen MR) is 56.1 cm³/mol. The summed E-state index contributed by atoms with van der Waals surface area (Å²) in [6.45, 7) is 0.569. The molecule has 0 aliphatic carbocycles. The molecule has 4 nitrogen and oxygen atoms in total. The second-order valence-electron chi connectivity index (χ2n) is 3.36. The Morgan fingerprint density at radius 1 is 1.50 bits per heavy atom. The number of rotatable bonds is 2. The number of thiazole rings is 1. The Morgan fingerprint density at radius 3 is 3.00 bits per heavy atom. The van der Waals surface area contributed by atoms with Gasteiger partial charge in [-0.05, 0) is 6.54 Å². The van der Waals surface area contributed by atoms with Crippen LogP contribution in [-0.2, 0) is 28.4 Å². The molecular weight excluding hydrogens is 220 g/mol. The quantitative estimate of drug-likeness (QED) is 0.786. The number of aromatic nitrogens is 1. The van der Waals surface area contributed by atoms with Crippen LogP contribution in [0.4, 0.5) is 0 Å². The fourth-order valence-electron chi connectivity index (χ4n) is 1.50. The maximum atomic E-state index is 11.3. The highest BCUT2D eigenvalue weighted by molar-refractivity contribution is 7.90. The molecule has 78 valence electrons. The lowest BCUT2D eigenvalue weighted by atomic mass is 10.3. The van der Waals surface area contributed by atoms with Gasteiger partial charge in [-0.3, -0.25) is 0 Å². The lowest BCUT2D eigenvalue weighted by Gasteiger charge is -2.09. The highest BCUT2D eigenvalue weighted by atomic mass is 32.2. The van der Waals surface area contributed by atoms with Crippen LogP contribution < -0.4 is 5.73 Å². The van der Waals surface area contributed by atoms with Crippen LogP contribution in [0.1, 0.15) is 15.6 Å². The number of hydrogen-bond donors (Lipinski definition) is 1. The maximum absolute atomic E-state index is 11.3. The first-order valence-corrected chi connectivity index (χ1v) is 7.12. The summed E-state index contributed by atoms with van der Waals surface area (Å²) in [5.74, 6) is 0.413. The molecule has 2 rings (SSSR count). The van der Waals surface area contributed by atoms with E-state index in [0.717, 1.165) is 22.0 Å². The van der Waals surface area contributed by atoms with Gasteiger partial charge in [0.05, 0.1) is 22.2 Å². The molecule has 14 heavy (non-hydrogen) atoms. The molecule has 2 N–H and O–H groups in total. The van der Waals surface area contributed by atoms with Crippen molar-refractivity contribution in [2.24, 2.45) is 5.73 Å². The molecule has 0 bridgehead atoms. The van der Waals surface area contributed by atoms with Crippen molar-refractivity contribution in [3.8, 4) is 0 Å². The van der Waals surface area contributed by atoms with Crippen molar-refractivity contribution >= 4 is 21.2 Å². The minimum atomic E-state index is -2.86. The van der Waals surface area contributed by atoms with E-state index < -0.39 is 9.84 Å². The van der Waals surface area contributed by atoms with Gasteiger partial charge >= 0.3 is 0 Å². The van der Waals surface area contributed by atoms with E-state index >= 15 is 0 Å². The van der Waals surface area contributed by atoms with Crippen LogP contribution >= 0.6 is 11.3 Å². The van der Waals surface area contributed by atoms with Gasteiger partial charge in [0.15, 0.2) is 9.84 Å². The lowest BCUT2D eigenvalue weighted by molar-refractivity contribution is 0.591. The molecule has 0 fully saturated rings. The van der Waals surface area contributed by atoms with E-state index in [4.69, 9.17) is 5.73 Å². The second-order valence-corrected chi connectivity index (χ2v) is 6.71. The topological polar surface area (TPSA) is 73.0 Å². The van der Waals surface area contributed by atoms with E-state index in [0.29, 0.717) is 13.0 Å². The van der Waals surface area contributed by atoms with E-state index in [2.05, 4.69) is 4.98 Å². The van der Waals surface area contributed by atoms with E-state index in [9.17, 15) is 8.42 Å². The van der Waals surface area contributed by atoms with Crippen molar-refractivity contribution in [1.29, 1.82) is 0 Å². The van der Waals surface area contributed by atoms with Crippen molar-refractivity contribution in [3.63, 3.8) is 0 Å². The number of fused-ring (bicyclic) bond motifs is 1. The number of aryl methyl sites for hydroxylation is 1. The smallest absolute Gasteiger partial charge is 0.155 e. The third-order valence-electron chi connectivity index (χ3n) is 2.18. The molecule has 0 saturated carbocycles. The number of nitrogens with zero attached hydrogens (tertiary/aromatic N) is 1. The van der Waals surface area contributed by atoms with Crippen LogP contribution in [0.25, 0.3) is 0 Å². The molecule has 0 unspecified atom stereocenters. The van der Waals surface area contributed by atoms with Gasteiger partial charge in [0.25, 0.3) is 0 Å². The highest BCUT2D eigenvalue weighted by Gasteiger charge is 2.24. The van der Waals surface area contributed by atoms with Crippen LogP contribution in [0.15, 0.2) is 0 Å². The highest BCUT2D eigenvalue weighted by Crippen LogP contribution is 2.26. The van der Waals surface area contributed by atoms with Gasteiger partial charge in [0.1, 0.15) is 0 Å². The Balaban J connectivity index is 2.30. The first kappa shape index (κ1) is 10.1. The van der Waals surface area contributed by atoms with Crippen molar-refractivity contribution < 1.29 is 8.42 Å². The molecule has 0 aromatic carbocycles. The zero-order valence-corrected chi connectivity index (χ0v) is 9.33.